The summed E-state index contributed by atoms with van der Waals surface area (Å²) < 4.78 is 0. The summed E-state index contributed by atoms with van der Waals surface area (Å²) in [6.45, 7) is 2.31. The van der Waals surface area contributed by atoms with E-state index in [1.807, 2.05) is 37.3 Å². The Bertz CT molecular complexity index is 902. The van der Waals surface area contributed by atoms with Crippen molar-refractivity contribution < 1.29 is 4.79 Å². The van der Waals surface area contributed by atoms with Crippen molar-refractivity contribution in [2.75, 3.05) is 0 Å². The first-order valence-electron chi connectivity index (χ1n) is 7.47. The van der Waals surface area contributed by atoms with E-state index in [-0.39, 0.29) is 11.6 Å². The SMILES string of the molecule is Cc1ccc(-c2cc(C(=O)NCc3cccnc3)[nH]c(=O)n2)cc1. The fourth-order valence-corrected chi connectivity index (χ4v) is 2.23. The lowest BCUT2D eigenvalue weighted by Crippen LogP contribution is -2.27. The average Bonchev–Trinajstić information content (AvgIpc) is 2.60. The van der Waals surface area contributed by atoms with Gasteiger partial charge in [-0.3, -0.25) is 9.78 Å². The van der Waals surface area contributed by atoms with E-state index in [9.17, 15) is 9.59 Å². The van der Waals surface area contributed by atoms with Crippen molar-refractivity contribution in [3.63, 3.8) is 0 Å². The lowest BCUT2D eigenvalue weighted by atomic mass is 10.1. The molecule has 0 radical (unpaired) electrons. The van der Waals surface area contributed by atoms with Gasteiger partial charge in [0.25, 0.3) is 5.91 Å². The number of hydrogen-bond acceptors (Lipinski definition) is 4. The molecule has 2 heterocycles. The number of nitrogens with one attached hydrogen (secondary N) is 2. The molecule has 120 valence electrons. The number of nitrogens with zero attached hydrogens (tertiary/aromatic N) is 2. The second kappa shape index (κ2) is 6.87. The molecule has 0 bridgehead atoms. The Hall–Kier alpha value is -3.28. The predicted molar refractivity (Wildman–Crippen MR) is 90.4 cm³/mol. The molecular formula is C18H16N4O2. The topological polar surface area (TPSA) is 87.7 Å². The van der Waals surface area contributed by atoms with Crippen LogP contribution in [0.4, 0.5) is 0 Å². The number of hydrogen-bond donors (Lipinski definition) is 2. The van der Waals surface area contributed by atoms with Crippen molar-refractivity contribution in [3.05, 3.63) is 82.2 Å². The van der Waals surface area contributed by atoms with Crippen LogP contribution in [0.25, 0.3) is 11.3 Å². The Morgan fingerprint density at radius 1 is 1.21 bits per heavy atom. The van der Waals surface area contributed by atoms with Crippen LogP contribution >= 0.6 is 0 Å². The maximum Gasteiger partial charge on any atom is 0.346 e. The number of aromatic amines is 1. The quantitative estimate of drug-likeness (QED) is 0.770. The number of benzene rings is 1. The summed E-state index contributed by atoms with van der Waals surface area (Å²) >= 11 is 0. The number of pyridine rings is 1. The number of aryl methyl sites for hydroxylation is 1. The molecule has 0 unspecified atom stereocenters. The molecule has 3 aromatic rings. The minimum Gasteiger partial charge on any atom is -0.347 e. The van der Waals surface area contributed by atoms with Gasteiger partial charge < -0.3 is 10.3 Å². The van der Waals surface area contributed by atoms with Crippen molar-refractivity contribution in [3.8, 4) is 11.3 Å². The molecule has 0 aliphatic rings. The first-order chi connectivity index (χ1) is 11.6. The zero-order chi connectivity index (χ0) is 16.9. The summed E-state index contributed by atoms with van der Waals surface area (Å²) in [7, 11) is 0. The van der Waals surface area contributed by atoms with E-state index in [1.165, 1.54) is 0 Å². The number of amides is 1. The van der Waals surface area contributed by atoms with Gasteiger partial charge in [-0.15, -0.1) is 0 Å². The van der Waals surface area contributed by atoms with E-state index in [0.717, 1.165) is 16.7 Å². The third-order valence-corrected chi connectivity index (χ3v) is 3.51. The second-order valence-corrected chi connectivity index (χ2v) is 5.40. The molecular weight excluding hydrogens is 304 g/mol. The first-order valence-corrected chi connectivity index (χ1v) is 7.47. The third kappa shape index (κ3) is 3.73. The molecule has 1 aromatic carbocycles. The third-order valence-electron chi connectivity index (χ3n) is 3.51. The van der Waals surface area contributed by atoms with Crippen LogP contribution in [0.2, 0.25) is 0 Å². The summed E-state index contributed by atoms with van der Waals surface area (Å²) in [5, 5.41) is 2.75. The highest BCUT2D eigenvalue weighted by Gasteiger charge is 2.10. The monoisotopic (exact) mass is 320 g/mol. The van der Waals surface area contributed by atoms with Gasteiger partial charge in [0.15, 0.2) is 0 Å². The van der Waals surface area contributed by atoms with Gasteiger partial charge in [-0.05, 0) is 24.6 Å². The van der Waals surface area contributed by atoms with Crippen LogP contribution in [0, 0.1) is 6.92 Å². The van der Waals surface area contributed by atoms with Gasteiger partial charge in [-0.1, -0.05) is 35.9 Å². The van der Waals surface area contributed by atoms with Crippen LogP contribution in [0.3, 0.4) is 0 Å². The van der Waals surface area contributed by atoms with Crippen molar-refractivity contribution in [1.29, 1.82) is 0 Å². The first kappa shape index (κ1) is 15.6. The van der Waals surface area contributed by atoms with Crippen LogP contribution in [-0.4, -0.2) is 20.9 Å². The highest BCUT2D eigenvalue weighted by atomic mass is 16.2. The molecule has 6 nitrogen and oxygen atoms in total. The van der Waals surface area contributed by atoms with Crippen LogP contribution in [0.1, 0.15) is 21.6 Å². The molecule has 2 aromatic heterocycles. The molecule has 0 atom stereocenters. The Labute approximate surface area is 138 Å². The van der Waals surface area contributed by atoms with E-state index in [0.29, 0.717) is 12.2 Å². The van der Waals surface area contributed by atoms with Gasteiger partial charge in [-0.25, -0.2) is 4.79 Å². The Balaban J connectivity index is 1.81. The molecule has 2 N–H and O–H groups in total. The largest absolute Gasteiger partial charge is 0.347 e. The standard InChI is InChI=1S/C18H16N4O2/c1-12-4-6-14(7-5-12)15-9-16(22-18(24)21-15)17(23)20-11-13-3-2-8-19-10-13/h2-10H,11H2,1H3,(H,20,23)(H,21,22,24). The summed E-state index contributed by atoms with van der Waals surface area (Å²) in [6.07, 6.45) is 3.34. The predicted octanol–water partition coefficient (Wildman–Crippen LogP) is 2.07. The van der Waals surface area contributed by atoms with Gasteiger partial charge in [0.2, 0.25) is 0 Å². The van der Waals surface area contributed by atoms with Crippen molar-refractivity contribution in [2.24, 2.45) is 0 Å². The highest BCUT2D eigenvalue weighted by molar-refractivity contribution is 5.93. The number of H-pyrrole nitrogens is 1. The second-order valence-electron chi connectivity index (χ2n) is 5.40. The fourth-order valence-electron chi connectivity index (χ4n) is 2.23. The number of carbonyl (C=O) groups is 1. The summed E-state index contributed by atoms with van der Waals surface area (Å²) in [6, 6.07) is 12.8. The average molecular weight is 320 g/mol. The van der Waals surface area contributed by atoms with E-state index in [2.05, 4.69) is 20.3 Å². The number of rotatable bonds is 4. The minimum atomic E-state index is -0.556. The molecule has 3 rings (SSSR count). The Morgan fingerprint density at radius 3 is 2.71 bits per heavy atom. The molecule has 6 heteroatoms. The zero-order valence-electron chi connectivity index (χ0n) is 13.1. The normalized spacial score (nSPS) is 10.4. The van der Waals surface area contributed by atoms with Crippen molar-refractivity contribution in [1.82, 2.24) is 20.3 Å². The van der Waals surface area contributed by atoms with Crippen LogP contribution < -0.4 is 11.0 Å². The molecule has 0 fully saturated rings. The zero-order valence-corrected chi connectivity index (χ0v) is 13.1. The van der Waals surface area contributed by atoms with Crippen molar-refractivity contribution in [2.45, 2.75) is 13.5 Å². The van der Waals surface area contributed by atoms with Crippen LogP contribution in [0.5, 0.6) is 0 Å². The molecule has 0 aliphatic carbocycles. The molecule has 0 aliphatic heterocycles. The lowest BCUT2D eigenvalue weighted by Gasteiger charge is -2.07. The minimum absolute atomic E-state index is 0.175. The summed E-state index contributed by atoms with van der Waals surface area (Å²) in [4.78, 5) is 34.4. The van der Waals surface area contributed by atoms with E-state index < -0.39 is 5.69 Å². The molecule has 0 saturated heterocycles. The van der Waals surface area contributed by atoms with Gasteiger partial charge in [0.05, 0.1) is 5.69 Å². The van der Waals surface area contributed by atoms with Gasteiger partial charge in [0.1, 0.15) is 5.69 Å². The van der Waals surface area contributed by atoms with Crippen LogP contribution in [-0.2, 0) is 6.54 Å². The number of carbonyl (C=O) groups excluding carboxylic acids is 1. The summed E-state index contributed by atoms with van der Waals surface area (Å²) in [5.41, 5.74) is 2.85. The maximum atomic E-state index is 12.3. The molecule has 0 saturated carbocycles. The summed E-state index contributed by atoms with van der Waals surface area (Å²) in [5.74, 6) is -0.369. The fraction of sp³-hybridized carbons (Fsp3) is 0.111. The van der Waals surface area contributed by atoms with E-state index in [4.69, 9.17) is 0 Å². The molecule has 1 amide bonds. The molecule has 0 spiro atoms. The maximum absolute atomic E-state index is 12.3. The van der Waals surface area contributed by atoms with E-state index in [1.54, 1.807) is 24.5 Å². The Morgan fingerprint density at radius 2 is 2.00 bits per heavy atom. The number of aromatic nitrogens is 3. The van der Waals surface area contributed by atoms with Gasteiger partial charge >= 0.3 is 5.69 Å². The van der Waals surface area contributed by atoms with Crippen LogP contribution in [0.15, 0.2) is 59.7 Å². The van der Waals surface area contributed by atoms with Gasteiger partial charge in [-0.2, -0.15) is 4.98 Å². The molecule has 24 heavy (non-hydrogen) atoms. The van der Waals surface area contributed by atoms with Gasteiger partial charge in [0, 0.05) is 24.5 Å². The highest BCUT2D eigenvalue weighted by Crippen LogP contribution is 2.16. The van der Waals surface area contributed by atoms with E-state index >= 15 is 0 Å². The Kier molecular flexibility index (Phi) is 4.47. The van der Waals surface area contributed by atoms with Crippen molar-refractivity contribution >= 4 is 5.91 Å². The smallest absolute Gasteiger partial charge is 0.346 e. The lowest BCUT2D eigenvalue weighted by molar-refractivity contribution is 0.0945.